The maximum absolute atomic E-state index is 9.26. The molecule has 0 aliphatic rings. The summed E-state index contributed by atoms with van der Waals surface area (Å²) in [6, 6.07) is 12.8. The SMILES string of the molecule is CCOc1cccc(CNc2ccc(O)cc2)c1OC. The monoisotopic (exact) mass is 273 g/mol. The molecule has 0 aromatic heterocycles. The van der Waals surface area contributed by atoms with Crippen molar-refractivity contribution in [1.29, 1.82) is 0 Å². The number of phenolic OH excluding ortho intramolecular Hbond substituents is 1. The van der Waals surface area contributed by atoms with Crippen molar-refractivity contribution in [3.05, 3.63) is 48.0 Å². The Bertz CT molecular complexity index is 552. The minimum absolute atomic E-state index is 0.256. The van der Waals surface area contributed by atoms with Crippen molar-refractivity contribution in [3.8, 4) is 17.2 Å². The molecule has 0 radical (unpaired) electrons. The molecule has 2 aromatic carbocycles. The molecule has 106 valence electrons. The van der Waals surface area contributed by atoms with Crippen LogP contribution in [0.15, 0.2) is 42.5 Å². The summed E-state index contributed by atoms with van der Waals surface area (Å²) in [6.07, 6.45) is 0. The largest absolute Gasteiger partial charge is 0.508 e. The van der Waals surface area contributed by atoms with Gasteiger partial charge in [0.15, 0.2) is 11.5 Å². The van der Waals surface area contributed by atoms with Gasteiger partial charge in [0.25, 0.3) is 0 Å². The van der Waals surface area contributed by atoms with Crippen molar-refractivity contribution in [2.75, 3.05) is 19.0 Å². The molecule has 2 rings (SSSR count). The summed E-state index contributed by atoms with van der Waals surface area (Å²) < 4.78 is 11.0. The molecule has 0 saturated carbocycles. The second-order valence-corrected chi connectivity index (χ2v) is 4.28. The van der Waals surface area contributed by atoms with Crippen LogP contribution in [-0.2, 0) is 6.54 Å². The molecule has 0 unspecified atom stereocenters. The summed E-state index contributed by atoms with van der Waals surface area (Å²) in [5, 5.41) is 12.5. The lowest BCUT2D eigenvalue weighted by Gasteiger charge is -2.14. The number of nitrogens with one attached hydrogen (secondary N) is 1. The normalized spacial score (nSPS) is 10.1. The number of hydrogen-bond donors (Lipinski definition) is 2. The summed E-state index contributed by atoms with van der Waals surface area (Å²) in [7, 11) is 1.64. The second kappa shape index (κ2) is 6.70. The van der Waals surface area contributed by atoms with Crippen molar-refractivity contribution in [2.45, 2.75) is 13.5 Å². The fourth-order valence-corrected chi connectivity index (χ4v) is 1.98. The quantitative estimate of drug-likeness (QED) is 0.792. The average Bonchev–Trinajstić information content (AvgIpc) is 2.47. The minimum atomic E-state index is 0.256. The van der Waals surface area contributed by atoms with E-state index >= 15 is 0 Å². The highest BCUT2D eigenvalue weighted by Gasteiger charge is 2.09. The zero-order chi connectivity index (χ0) is 14.4. The lowest BCUT2D eigenvalue weighted by atomic mass is 10.1. The zero-order valence-corrected chi connectivity index (χ0v) is 11.7. The number of hydrogen-bond acceptors (Lipinski definition) is 4. The van der Waals surface area contributed by atoms with Gasteiger partial charge in [0.2, 0.25) is 0 Å². The Hall–Kier alpha value is -2.36. The lowest BCUT2D eigenvalue weighted by molar-refractivity contribution is 0.309. The number of benzene rings is 2. The van der Waals surface area contributed by atoms with Crippen molar-refractivity contribution < 1.29 is 14.6 Å². The first-order valence-corrected chi connectivity index (χ1v) is 6.56. The highest BCUT2D eigenvalue weighted by atomic mass is 16.5. The summed E-state index contributed by atoms with van der Waals surface area (Å²) in [4.78, 5) is 0. The third kappa shape index (κ3) is 3.35. The van der Waals surface area contributed by atoms with Crippen LogP contribution in [0.1, 0.15) is 12.5 Å². The average molecular weight is 273 g/mol. The first-order valence-electron chi connectivity index (χ1n) is 6.56. The highest BCUT2D eigenvalue weighted by molar-refractivity contribution is 5.50. The first kappa shape index (κ1) is 14.1. The Labute approximate surface area is 119 Å². The Kier molecular flexibility index (Phi) is 4.71. The number of rotatable bonds is 6. The van der Waals surface area contributed by atoms with E-state index in [1.54, 1.807) is 19.2 Å². The number of methoxy groups -OCH3 is 1. The van der Waals surface area contributed by atoms with Crippen molar-refractivity contribution in [1.82, 2.24) is 0 Å². The second-order valence-electron chi connectivity index (χ2n) is 4.28. The molecule has 0 aliphatic carbocycles. The van der Waals surface area contributed by atoms with Crippen LogP contribution in [0, 0.1) is 0 Å². The number of anilines is 1. The van der Waals surface area contributed by atoms with E-state index in [4.69, 9.17) is 9.47 Å². The van der Waals surface area contributed by atoms with E-state index in [9.17, 15) is 5.11 Å². The van der Waals surface area contributed by atoms with Crippen LogP contribution in [0.2, 0.25) is 0 Å². The molecule has 0 aliphatic heterocycles. The molecular weight excluding hydrogens is 254 g/mol. The van der Waals surface area contributed by atoms with Gasteiger partial charge in [0.1, 0.15) is 5.75 Å². The predicted octanol–water partition coefficient (Wildman–Crippen LogP) is 3.41. The zero-order valence-electron chi connectivity index (χ0n) is 11.7. The van der Waals surface area contributed by atoms with E-state index in [0.29, 0.717) is 13.2 Å². The molecule has 0 fully saturated rings. The Balaban J connectivity index is 2.12. The van der Waals surface area contributed by atoms with Gasteiger partial charge in [0.05, 0.1) is 13.7 Å². The molecule has 2 N–H and O–H groups in total. The van der Waals surface area contributed by atoms with Gasteiger partial charge in [-0.05, 0) is 37.3 Å². The van der Waals surface area contributed by atoms with E-state index in [2.05, 4.69) is 5.32 Å². The van der Waals surface area contributed by atoms with E-state index in [-0.39, 0.29) is 5.75 Å². The van der Waals surface area contributed by atoms with Gasteiger partial charge < -0.3 is 19.9 Å². The van der Waals surface area contributed by atoms with Crippen molar-refractivity contribution >= 4 is 5.69 Å². The fourth-order valence-electron chi connectivity index (χ4n) is 1.98. The topological polar surface area (TPSA) is 50.7 Å². The van der Waals surface area contributed by atoms with Gasteiger partial charge in [-0.2, -0.15) is 0 Å². The highest BCUT2D eigenvalue weighted by Crippen LogP contribution is 2.31. The standard InChI is InChI=1S/C16H19NO3/c1-3-20-15-6-4-5-12(16(15)19-2)11-17-13-7-9-14(18)10-8-13/h4-10,17-18H,3,11H2,1-2H3. The molecule has 4 heteroatoms. The van der Waals surface area contributed by atoms with Gasteiger partial charge in [-0.15, -0.1) is 0 Å². The van der Waals surface area contributed by atoms with E-state index in [0.717, 1.165) is 22.7 Å². The first-order chi connectivity index (χ1) is 9.74. The van der Waals surface area contributed by atoms with Crippen LogP contribution < -0.4 is 14.8 Å². The third-order valence-corrected chi connectivity index (χ3v) is 2.91. The molecule has 0 heterocycles. The predicted molar refractivity (Wildman–Crippen MR) is 79.6 cm³/mol. The number of para-hydroxylation sites is 1. The summed E-state index contributed by atoms with van der Waals surface area (Å²) >= 11 is 0. The van der Waals surface area contributed by atoms with Crippen molar-refractivity contribution in [3.63, 3.8) is 0 Å². The van der Waals surface area contributed by atoms with Gasteiger partial charge in [-0.25, -0.2) is 0 Å². The van der Waals surface area contributed by atoms with E-state index in [1.165, 1.54) is 0 Å². The van der Waals surface area contributed by atoms with Crippen molar-refractivity contribution in [2.24, 2.45) is 0 Å². The summed E-state index contributed by atoms with van der Waals surface area (Å²) in [5.74, 6) is 1.76. The smallest absolute Gasteiger partial charge is 0.165 e. The number of aromatic hydroxyl groups is 1. The van der Waals surface area contributed by atoms with Crippen LogP contribution in [0.5, 0.6) is 17.2 Å². The van der Waals surface area contributed by atoms with E-state index < -0.39 is 0 Å². The summed E-state index contributed by atoms with van der Waals surface area (Å²) in [5.41, 5.74) is 1.96. The molecule has 0 saturated heterocycles. The number of phenols is 1. The maximum atomic E-state index is 9.26. The fraction of sp³-hybridized carbons (Fsp3) is 0.250. The molecule has 0 atom stereocenters. The van der Waals surface area contributed by atoms with Crippen LogP contribution in [-0.4, -0.2) is 18.8 Å². The van der Waals surface area contributed by atoms with Gasteiger partial charge in [-0.3, -0.25) is 0 Å². The van der Waals surface area contributed by atoms with Gasteiger partial charge >= 0.3 is 0 Å². The molecule has 0 spiro atoms. The lowest BCUT2D eigenvalue weighted by Crippen LogP contribution is -2.03. The molecular formula is C16H19NO3. The van der Waals surface area contributed by atoms with Gasteiger partial charge in [-0.1, -0.05) is 12.1 Å². The third-order valence-electron chi connectivity index (χ3n) is 2.91. The molecule has 2 aromatic rings. The maximum Gasteiger partial charge on any atom is 0.165 e. The molecule has 4 nitrogen and oxygen atoms in total. The van der Waals surface area contributed by atoms with Crippen LogP contribution in [0.3, 0.4) is 0 Å². The molecule has 0 amide bonds. The Morgan fingerprint density at radius 1 is 1.10 bits per heavy atom. The summed E-state index contributed by atoms with van der Waals surface area (Å²) in [6.45, 7) is 3.17. The van der Waals surface area contributed by atoms with Crippen LogP contribution >= 0.6 is 0 Å². The Morgan fingerprint density at radius 3 is 2.50 bits per heavy atom. The van der Waals surface area contributed by atoms with E-state index in [1.807, 2.05) is 37.3 Å². The minimum Gasteiger partial charge on any atom is -0.508 e. The van der Waals surface area contributed by atoms with Gasteiger partial charge in [0, 0.05) is 17.8 Å². The molecule has 20 heavy (non-hydrogen) atoms. The van der Waals surface area contributed by atoms with Crippen LogP contribution in [0.25, 0.3) is 0 Å². The number of ether oxygens (including phenoxy) is 2. The molecule has 0 bridgehead atoms. The Morgan fingerprint density at radius 2 is 1.85 bits per heavy atom. The van der Waals surface area contributed by atoms with Crippen LogP contribution in [0.4, 0.5) is 5.69 Å².